The summed E-state index contributed by atoms with van der Waals surface area (Å²) in [4.78, 5) is 14.4. The van der Waals surface area contributed by atoms with Crippen molar-refractivity contribution in [1.29, 1.82) is 0 Å². The topological polar surface area (TPSA) is 91.1 Å². The molecule has 0 aromatic rings. The molecule has 2 aliphatic rings. The molecule has 13 heavy (non-hydrogen) atoms. The van der Waals surface area contributed by atoms with E-state index in [1.165, 1.54) is 0 Å². The standard InChI is InChI=1S/C6H9NO6/c8-3-1-11-6-4(13-7(9)10)2-12-5(3)6/h3-6,8H,1-2H2/t3-,4?,5?,6?/m1/s1. The van der Waals surface area contributed by atoms with Gasteiger partial charge in [-0.1, -0.05) is 0 Å². The summed E-state index contributed by atoms with van der Waals surface area (Å²) in [6.07, 6.45) is -2.41. The van der Waals surface area contributed by atoms with Crippen LogP contribution in [0.3, 0.4) is 0 Å². The first-order valence-electron chi connectivity index (χ1n) is 3.91. The van der Waals surface area contributed by atoms with Crippen LogP contribution in [0.1, 0.15) is 0 Å². The monoisotopic (exact) mass is 191 g/mol. The van der Waals surface area contributed by atoms with Gasteiger partial charge in [-0.05, 0) is 0 Å². The summed E-state index contributed by atoms with van der Waals surface area (Å²) >= 11 is 0. The molecule has 7 heteroatoms. The minimum Gasteiger partial charge on any atom is -0.388 e. The van der Waals surface area contributed by atoms with Gasteiger partial charge in [0.1, 0.15) is 18.3 Å². The van der Waals surface area contributed by atoms with Crippen LogP contribution in [0, 0.1) is 10.1 Å². The second-order valence-corrected chi connectivity index (χ2v) is 3.03. The predicted octanol–water partition coefficient (Wildman–Crippen LogP) is -1.28. The number of rotatable bonds is 2. The van der Waals surface area contributed by atoms with Gasteiger partial charge in [0.2, 0.25) is 0 Å². The van der Waals surface area contributed by atoms with Crippen molar-refractivity contribution in [3.63, 3.8) is 0 Å². The van der Waals surface area contributed by atoms with Crippen molar-refractivity contribution < 1.29 is 24.5 Å². The number of hydrogen-bond acceptors (Lipinski definition) is 6. The van der Waals surface area contributed by atoms with Gasteiger partial charge in [-0.15, -0.1) is 10.1 Å². The number of nitrogens with zero attached hydrogens (tertiary/aromatic N) is 1. The Morgan fingerprint density at radius 3 is 2.77 bits per heavy atom. The van der Waals surface area contributed by atoms with Crippen molar-refractivity contribution in [2.75, 3.05) is 13.2 Å². The van der Waals surface area contributed by atoms with Gasteiger partial charge in [0.05, 0.1) is 13.2 Å². The lowest BCUT2D eigenvalue weighted by Gasteiger charge is -2.12. The first-order chi connectivity index (χ1) is 6.18. The maximum atomic E-state index is 10.0. The van der Waals surface area contributed by atoms with Gasteiger partial charge in [0.15, 0.2) is 6.10 Å². The molecule has 4 atom stereocenters. The van der Waals surface area contributed by atoms with Crippen LogP contribution in [-0.2, 0) is 14.3 Å². The molecule has 7 nitrogen and oxygen atoms in total. The van der Waals surface area contributed by atoms with E-state index < -0.39 is 29.5 Å². The first-order valence-corrected chi connectivity index (χ1v) is 3.91. The van der Waals surface area contributed by atoms with E-state index in [0.29, 0.717) is 0 Å². The molecule has 0 saturated carbocycles. The summed E-state index contributed by atoms with van der Waals surface area (Å²) in [6.45, 7) is 0.236. The summed E-state index contributed by atoms with van der Waals surface area (Å²) in [5.74, 6) is 0. The highest BCUT2D eigenvalue weighted by Gasteiger charge is 2.48. The number of ether oxygens (including phenoxy) is 2. The molecule has 0 bridgehead atoms. The SMILES string of the molecule is O=[N+]([O-])OC1COC2C1OC[C@H]2O. The minimum atomic E-state index is -0.871. The van der Waals surface area contributed by atoms with E-state index in [-0.39, 0.29) is 13.2 Å². The van der Waals surface area contributed by atoms with E-state index >= 15 is 0 Å². The average Bonchev–Trinajstić information content (AvgIpc) is 2.56. The van der Waals surface area contributed by atoms with Crippen molar-refractivity contribution in [2.45, 2.75) is 24.4 Å². The molecular weight excluding hydrogens is 182 g/mol. The molecule has 74 valence electrons. The largest absolute Gasteiger partial charge is 0.388 e. The third-order valence-electron chi connectivity index (χ3n) is 2.20. The molecule has 0 spiro atoms. The maximum absolute atomic E-state index is 10.0. The smallest absolute Gasteiger partial charge is 0.294 e. The molecule has 0 aliphatic carbocycles. The van der Waals surface area contributed by atoms with Gasteiger partial charge in [-0.3, -0.25) is 0 Å². The van der Waals surface area contributed by atoms with Crippen LogP contribution in [-0.4, -0.2) is 47.8 Å². The molecule has 2 saturated heterocycles. The van der Waals surface area contributed by atoms with E-state index in [2.05, 4.69) is 4.84 Å². The van der Waals surface area contributed by atoms with E-state index in [4.69, 9.17) is 9.47 Å². The van der Waals surface area contributed by atoms with Crippen molar-refractivity contribution in [1.82, 2.24) is 0 Å². The molecule has 2 fully saturated rings. The van der Waals surface area contributed by atoms with Crippen molar-refractivity contribution in [2.24, 2.45) is 0 Å². The van der Waals surface area contributed by atoms with Gasteiger partial charge in [-0.25, -0.2) is 0 Å². The Kier molecular flexibility index (Phi) is 2.06. The predicted molar refractivity (Wildman–Crippen MR) is 37.4 cm³/mol. The highest BCUT2D eigenvalue weighted by molar-refractivity contribution is 4.94. The van der Waals surface area contributed by atoms with Gasteiger partial charge < -0.3 is 19.4 Å². The Morgan fingerprint density at radius 2 is 2.08 bits per heavy atom. The van der Waals surface area contributed by atoms with E-state index in [1.807, 2.05) is 0 Å². The zero-order valence-corrected chi connectivity index (χ0v) is 6.66. The van der Waals surface area contributed by atoms with Crippen LogP contribution in [0.4, 0.5) is 0 Å². The third kappa shape index (κ3) is 1.45. The summed E-state index contributed by atoms with van der Waals surface area (Å²) in [5.41, 5.74) is 0. The second kappa shape index (κ2) is 3.09. The van der Waals surface area contributed by atoms with Gasteiger partial charge in [0, 0.05) is 0 Å². The fourth-order valence-electron chi connectivity index (χ4n) is 1.64. The summed E-state index contributed by atoms with van der Waals surface area (Å²) in [6, 6.07) is 0. The normalized spacial score (nSPS) is 43.2. The van der Waals surface area contributed by atoms with E-state index in [9.17, 15) is 15.2 Å². The lowest BCUT2D eigenvalue weighted by Crippen LogP contribution is -2.33. The molecule has 1 N–H and O–H groups in total. The Labute approximate surface area is 73.3 Å². The van der Waals surface area contributed by atoms with E-state index in [0.717, 1.165) is 0 Å². The summed E-state index contributed by atoms with van der Waals surface area (Å²) < 4.78 is 10.2. The zero-order valence-electron chi connectivity index (χ0n) is 6.66. The first kappa shape index (κ1) is 8.67. The van der Waals surface area contributed by atoms with Crippen LogP contribution in [0.25, 0.3) is 0 Å². The molecule has 2 heterocycles. The number of aliphatic hydroxyl groups is 1. The molecule has 0 aromatic heterocycles. The lowest BCUT2D eigenvalue weighted by atomic mass is 10.1. The van der Waals surface area contributed by atoms with Gasteiger partial charge in [-0.2, -0.15) is 0 Å². The van der Waals surface area contributed by atoms with Gasteiger partial charge >= 0.3 is 0 Å². The van der Waals surface area contributed by atoms with Crippen molar-refractivity contribution >= 4 is 0 Å². The fourth-order valence-corrected chi connectivity index (χ4v) is 1.64. The van der Waals surface area contributed by atoms with Crippen LogP contribution in [0.5, 0.6) is 0 Å². The molecule has 0 aromatic carbocycles. The molecule has 3 unspecified atom stereocenters. The summed E-state index contributed by atoms with van der Waals surface area (Å²) in [7, 11) is 0. The Balaban J connectivity index is 1.98. The van der Waals surface area contributed by atoms with Crippen molar-refractivity contribution in [3.05, 3.63) is 10.1 Å². The van der Waals surface area contributed by atoms with Crippen molar-refractivity contribution in [3.8, 4) is 0 Å². The number of aliphatic hydroxyl groups excluding tert-OH is 1. The summed E-state index contributed by atoms with van der Waals surface area (Å²) in [5, 5.41) is 18.4. The Morgan fingerprint density at radius 1 is 1.38 bits per heavy atom. The zero-order chi connectivity index (χ0) is 9.42. The Hall–Kier alpha value is -0.920. The fraction of sp³-hybridized carbons (Fsp3) is 1.00. The van der Waals surface area contributed by atoms with Crippen LogP contribution < -0.4 is 0 Å². The third-order valence-corrected chi connectivity index (χ3v) is 2.20. The van der Waals surface area contributed by atoms with E-state index in [1.54, 1.807) is 0 Å². The number of hydrogen-bond donors (Lipinski definition) is 1. The van der Waals surface area contributed by atoms with Crippen LogP contribution in [0.15, 0.2) is 0 Å². The highest BCUT2D eigenvalue weighted by Crippen LogP contribution is 2.28. The van der Waals surface area contributed by atoms with Crippen LogP contribution >= 0.6 is 0 Å². The molecular formula is C6H9NO6. The van der Waals surface area contributed by atoms with Crippen LogP contribution in [0.2, 0.25) is 0 Å². The minimum absolute atomic E-state index is 0.0906. The highest BCUT2D eigenvalue weighted by atomic mass is 17.0. The van der Waals surface area contributed by atoms with Gasteiger partial charge in [0.25, 0.3) is 5.09 Å². The number of fused-ring (bicyclic) bond motifs is 1. The maximum Gasteiger partial charge on any atom is 0.294 e. The quantitative estimate of drug-likeness (QED) is 0.432. The molecule has 2 rings (SSSR count). The molecule has 0 amide bonds. The second-order valence-electron chi connectivity index (χ2n) is 3.03. The lowest BCUT2D eigenvalue weighted by molar-refractivity contribution is -0.769. The molecule has 2 aliphatic heterocycles. The molecule has 0 radical (unpaired) electrons. The average molecular weight is 191 g/mol. The Bertz CT molecular complexity index is 221.